The minimum absolute atomic E-state index is 0.178. The Labute approximate surface area is 153 Å². The average Bonchev–Trinajstić information content (AvgIpc) is 2.45. The van der Waals surface area contributed by atoms with Crippen LogP contribution < -0.4 is 0 Å². The molecule has 1 fully saturated rings. The Morgan fingerprint density at radius 3 is 1.64 bits per heavy atom. The van der Waals surface area contributed by atoms with Crippen LogP contribution in [0.25, 0.3) is 0 Å². The van der Waals surface area contributed by atoms with Gasteiger partial charge in [0.2, 0.25) is 0 Å². The van der Waals surface area contributed by atoms with Crippen molar-refractivity contribution in [2.45, 2.75) is 53.9 Å². The van der Waals surface area contributed by atoms with Crippen LogP contribution in [0, 0.1) is 16.7 Å². The highest BCUT2D eigenvalue weighted by Gasteiger charge is 2.45. The summed E-state index contributed by atoms with van der Waals surface area (Å²) in [7, 11) is 0. The SMILES string of the molecule is C=C/C(=C\C=C(/C)O)C1(/C(C=C)=C/C=C(\C)O)CC(C)CC(C)(C)C1. The Morgan fingerprint density at radius 2 is 1.32 bits per heavy atom. The summed E-state index contributed by atoms with van der Waals surface area (Å²) in [4.78, 5) is 0. The second-order valence-corrected chi connectivity index (χ2v) is 8.20. The number of hydrogen-bond acceptors (Lipinski definition) is 2. The molecule has 1 unspecified atom stereocenters. The lowest BCUT2D eigenvalue weighted by Crippen LogP contribution is -2.39. The van der Waals surface area contributed by atoms with E-state index in [1.54, 1.807) is 26.0 Å². The van der Waals surface area contributed by atoms with Crippen LogP contribution in [0.1, 0.15) is 53.9 Å². The highest BCUT2D eigenvalue weighted by Crippen LogP contribution is 2.56. The lowest BCUT2D eigenvalue weighted by Gasteiger charge is -2.49. The van der Waals surface area contributed by atoms with Gasteiger partial charge in [0.05, 0.1) is 11.5 Å². The van der Waals surface area contributed by atoms with Gasteiger partial charge in [-0.2, -0.15) is 0 Å². The van der Waals surface area contributed by atoms with Gasteiger partial charge >= 0.3 is 0 Å². The van der Waals surface area contributed by atoms with Crippen molar-refractivity contribution in [1.82, 2.24) is 0 Å². The predicted octanol–water partition coefficient (Wildman–Crippen LogP) is 6.97. The smallest absolute Gasteiger partial charge is 0.0891 e. The van der Waals surface area contributed by atoms with E-state index in [9.17, 15) is 10.2 Å². The third kappa shape index (κ3) is 5.52. The molecule has 0 radical (unpaired) electrons. The highest BCUT2D eigenvalue weighted by atomic mass is 16.3. The summed E-state index contributed by atoms with van der Waals surface area (Å²) in [5.41, 5.74) is 2.10. The zero-order chi connectivity index (χ0) is 19.3. The molecule has 0 aliphatic heterocycles. The molecular formula is C23H34O2. The van der Waals surface area contributed by atoms with Crippen molar-refractivity contribution in [3.8, 4) is 0 Å². The molecule has 0 spiro atoms. The van der Waals surface area contributed by atoms with Crippen LogP contribution in [0.3, 0.4) is 0 Å². The average molecular weight is 343 g/mol. The monoisotopic (exact) mass is 342 g/mol. The van der Waals surface area contributed by atoms with Crippen molar-refractivity contribution in [3.05, 3.63) is 72.3 Å². The largest absolute Gasteiger partial charge is 0.513 e. The molecule has 1 rings (SSSR count). The molecular weight excluding hydrogens is 308 g/mol. The van der Waals surface area contributed by atoms with Crippen LogP contribution in [-0.4, -0.2) is 10.2 Å². The molecule has 0 saturated heterocycles. The molecule has 0 amide bonds. The quantitative estimate of drug-likeness (QED) is 0.404. The van der Waals surface area contributed by atoms with Crippen molar-refractivity contribution in [1.29, 1.82) is 0 Å². The molecule has 0 aromatic carbocycles. The van der Waals surface area contributed by atoms with E-state index in [0.717, 1.165) is 24.0 Å². The standard InChI is InChI=1S/C23H34O2/c1-8-20(12-10-18(4)24)23(21(9-2)13-11-19(5)25)15-17(3)14-22(6,7)16-23/h8-13,17,24-25H,1-2,14-16H2,3-7H3/b18-10+,19-11+,20-12+,21-13+. The molecule has 0 aromatic rings. The van der Waals surface area contributed by atoms with Gasteiger partial charge < -0.3 is 10.2 Å². The van der Waals surface area contributed by atoms with Gasteiger partial charge in [-0.25, -0.2) is 0 Å². The molecule has 1 aliphatic carbocycles. The van der Waals surface area contributed by atoms with Crippen LogP contribution in [0.4, 0.5) is 0 Å². The number of aliphatic hydroxyl groups excluding tert-OH is 2. The maximum Gasteiger partial charge on any atom is 0.0891 e. The zero-order valence-corrected chi connectivity index (χ0v) is 16.5. The summed E-state index contributed by atoms with van der Waals surface area (Å²) < 4.78 is 0. The van der Waals surface area contributed by atoms with E-state index in [-0.39, 0.29) is 22.3 Å². The van der Waals surface area contributed by atoms with E-state index in [4.69, 9.17) is 0 Å². The Morgan fingerprint density at radius 1 is 0.880 bits per heavy atom. The van der Waals surface area contributed by atoms with Gasteiger partial charge in [-0.1, -0.05) is 58.2 Å². The van der Waals surface area contributed by atoms with Crippen molar-refractivity contribution in [3.63, 3.8) is 0 Å². The van der Waals surface area contributed by atoms with Crippen molar-refractivity contribution >= 4 is 0 Å². The van der Waals surface area contributed by atoms with Gasteiger partial charge in [-0.15, -0.1) is 0 Å². The molecule has 1 saturated carbocycles. The summed E-state index contributed by atoms with van der Waals surface area (Å²) in [6, 6.07) is 0. The molecule has 1 aliphatic rings. The van der Waals surface area contributed by atoms with Crippen molar-refractivity contribution in [2.75, 3.05) is 0 Å². The molecule has 2 N–H and O–H groups in total. The van der Waals surface area contributed by atoms with Gasteiger partial charge in [0.15, 0.2) is 0 Å². The number of hydrogen-bond donors (Lipinski definition) is 2. The Kier molecular flexibility index (Phi) is 7.10. The Balaban J connectivity index is 3.65. The van der Waals surface area contributed by atoms with Gasteiger partial charge in [0.25, 0.3) is 0 Å². The molecule has 25 heavy (non-hydrogen) atoms. The molecule has 1 atom stereocenters. The molecule has 138 valence electrons. The first-order valence-electron chi connectivity index (χ1n) is 8.97. The zero-order valence-electron chi connectivity index (χ0n) is 16.5. The lowest BCUT2D eigenvalue weighted by atomic mass is 9.54. The number of allylic oxidation sites excluding steroid dienone is 10. The van der Waals surface area contributed by atoms with Crippen molar-refractivity contribution < 1.29 is 10.2 Å². The first-order valence-corrected chi connectivity index (χ1v) is 8.97. The van der Waals surface area contributed by atoms with E-state index in [1.165, 1.54) is 6.42 Å². The van der Waals surface area contributed by atoms with Gasteiger partial charge in [0, 0.05) is 5.41 Å². The third-order valence-electron chi connectivity index (χ3n) is 4.93. The summed E-state index contributed by atoms with van der Waals surface area (Å²) in [6.45, 7) is 18.3. The van der Waals surface area contributed by atoms with Gasteiger partial charge in [-0.05, 0) is 67.7 Å². The van der Waals surface area contributed by atoms with E-state index in [1.807, 2.05) is 24.3 Å². The van der Waals surface area contributed by atoms with Gasteiger partial charge in [-0.3, -0.25) is 0 Å². The second kappa shape index (κ2) is 8.42. The number of rotatable bonds is 6. The van der Waals surface area contributed by atoms with Crippen LogP contribution in [0.5, 0.6) is 0 Å². The molecule has 2 heteroatoms. The maximum atomic E-state index is 9.61. The predicted molar refractivity (Wildman–Crippen MR) is 109 cm³/mol. The Bertz CT molecular complexity index is 578. The summed E-state index contributed by atoms with van der Waals surface area (Å²) >= 11 is 0. The molecule has 0 aromatic heterocycles. The topological polar surface area (TPSA) is 40.5 Å². The lowest BCUT2D eigenvalue weighted by molar-refractivity contribution is 0.103. The first kappa shape index (κ1) is 21.1. The fraction of sp³-hybridized carbons (Fsp3) is 0.478. The van der Waals surface area contributed by atoms with E-state index in [2.05, 4.69) is 33.9 Å². The van der Waals surface area contributed by atoms with Crippen LogP contribution in [0.2, 0.25) is 0 Å². The minimum Gasteiger partial charge on any atom is -0.513 e. The fourth-order valence-electron chi connectivity index (χ4n) is 4.44. The minimum atomic E-state index is -0.234. The third-order valence-corrected chi connectivity index (χ3v) is 4.93. The van der Waals surface area contributed by atoms with Crippen LogP contribution in [-0.2, 0) is 0 Å². The second-order valence-electron chi connectivity index (χ2n) is 8.20. The summed E-state index contributed by atoms with van der Waals surface area (Å²) in [6.07, 6.45) is 14.3. The van der Waals surface area contributed by atoms with Crippen LogP contribution in [0.15, 0.2) is 72.3 Å². The van der Waals surface area contributed by atoms with E-state index < -0.39 is 0 Å². The highest BCUT2D eigenvalue weighted by molar-refractivity contribution is 5.44. The molecule has 2 nitrogen and oxygen atoms in total. The van der Waals surface area contributed by atoms with Crippen molar-refractivity contribution in [2.24, 2.45) is 16.7 Å². The summed E-state index contributed by atoms with van der Waals surface area (Å²) in [5, 5.41) is 19.2. The van der Waals surface area contributed by atoms with Crippen LogP contribution >= 0.6 is 0 Å². The van der Waals surface area contributed by atoms with Gasteiger partial charge in [0.1, 0.15) is 0 Å². The normalized spacial score (nSPS) is 28.6. The summed E-state index contributed by atoms with van der Waals surface area (Å²) in [5.74, 6) is 1.09. The maximum absolute atomic E-state index is 9.61. The Hall–Kier alpha value is -1.96. The first-order chi connectivity index (χ1) is 11.6. The van der Waals surface area contributed by atoms with E-state index in [0.29, 0.717) is 5.92 Å². The molecule has 0 heterocycles. The van der Waals surface area contributed by atoms with E-state index >= 15 is 0 Å². The number of aliphatic hydroxyl groups is 2. The molecule has 0 bridgehead atoms. The fourth-order valence-corrected chi connectivity index (χ4v) is 4.44.